The van der Waals surface area contributed by atoms with Gasteiger partial charge in [-0.15, -0.1) is 11.3 Å². The zero-order chi connectivity index (χ0) is 14.4. The van der Waals surface area contributed by atoms with Crippen molar-refractivity contribution in [2.75, 3.05) is 0 Å². The van der Waals surface area contributed by atoms with E-state index in [4.69, 9.17) is 10.4 Å². The zero-order valence-corrected chi connectivity index (χ0v) is 13.5. The number of nitrogens with zero attached hydrogens (tertiary/aromatic N) is 2. The van der Waals surface area contributed by atoms with Crippen molar-refractivity contribution in [3.8, 4) is 0 Å². The Kier molecular flexibility index (Phi) is 3.37. The molecule has 2 aromatic heterocycles. The molecule has 4 heteroatoms. The van der Waals surface area contributed by atoms with Gasteiger partial charge in [0.25, 0.3) is 0 Å². The third kappa shape index (κ3) is 2.24. The monoisotopic (exact) mass is 301 g/mol. The van der Waals surface area contributed by atoms with Crippen molar-refractivity contribution in [1.82, 2.24) is 9.55 Å². The maximum atomic E-state index is 8.71. The highest BCUT2D eigenvalue weighted by Crippen LogP contribution is 2.35. The van der Waals surface area contributed by atoms with Crippen molar-refractivity contribution in [3.05, 3.63) is 22.3 Å². The van der Waals surface area contributed by atoms with Gasteiger partial charge in [0.2, 0.25) is 0 Å². The lowest BCUT2D eigenvalue weighted by molar-refractivity contribution is 0.282. The van der Waals surface area contributed by atoms with Crippen LogP contribution >= 0.6 is 11.3 Å². The molecule has 0 amide bonds. The molecule has 0 spiro atoms. The van der Waals surface area contributed by atoms with Crippen LogP contribution in [-0.4, -0.2) is 9.55 Å². The van der Waals surface area contributed by atoms with E-state index in [9.17, 15) is 0 Å². The lowest BCUT2D eigenvalue weighted by atomic mass is 9.87. The first-order valence-corrected chi connectivity index (χ1v) is 9.11. The van der Waals surface area contributed by atoms with Gasteiger partial charge >= 0.3 is 0 Å². The van der Waals surface area contributed by atoms with Crippen molar-refractivity contribution < 1.29 is 0 Å². The first-order chi connectivity index (χ1) is 10.2. The Balaban J connectivity index is 1.81. The molecule has 1 saturated carbocycles. The summed E-state index contributed by atoms with van der Waals surface area (Å²) >= 11 is 1.83. The van der Waals surface area contributed by atoms with Crippen molar-refractivity contribution in [2.45, 2.75) is 64.3 Å². The van der Waals surface area contributed by atoms with Crippen LogP contribution in [-0.2, 0) is 12.8 Å². The van der Waals surface area contributed by atoms with E-state index in [1.807, 2.05) is 17.7 Å². The second-order valence-electron chi connectivity index (χ2n) is 6.81. The van der Waals surface area contributed by atoms with E-state index in [2.05, 4.69) is 11.5 Å². The molecule has 2 heterocycles. The molecule has 1 fully saturated rings. The Bertz CT molecular complexity index is 719. The minimum absolute atomic E-state index is 0.491. The van der Waals surface area contributed by atoms with Gasteiger partial charge in [-0.3, -0.25) is 5.41 Å². The molecule has 0 radical (unpaired) electrons. The van der Waals surface area contributed by atoms with Crippen LogP contribution in [0.4, 0.5) is 0 Å². The molecule has 3 nitrogen and oxygen atoms in total. The molecular formula is C17H23N3S. The molecule has 4 rings (SSSR count). The first-order valence-electron chi connectivity index (χ1n) is 8.30. The summed E-state index contributed by atoms with van der Waals surface area (Å²) in [5, 5.41) is 9.88. The molecule has 0 aliphatic heterocycles. The Morgan fingerprint density at radius 2 is 1.95 bits per heavy atom. The van der Waals surface area contributed by atoms with Gasteiger partial charge in [-0.25, -0.2) is 4.98 Å². The van der Waals surface area contributed by atoms with E-state index in [1.54, 1.807) is 0 Å². The van der Waals surface area contributed by atoms with Crippen LogP contribution in [0.3, 0.4) is 0 Å². The van der Waals surface area contributed by atoms with Crippen molar-refractivity contribution in [1.29, 1.82) is 5.41 Å². The molecule has 0 atom stereocenters. The minimum Gasteiger partial charge on any atom is -0.314 e. The molecule has 0 unspecified atom stereocenters. The average molecular weight is 301 g/mol. The van der Waals surface area contributed by atoms with E-state index < -0.39 is 0 Å². The van der Waals surface area contributed by atoms with E-state index >= 15 is 0 Å². The lowest BCUT2D eigenvalue weighted by Gasteiger charge is -2.28. The summed E-state index contributed by atoms with van der Waals surface area (Å²) in [6.45, 7) is 2.35. The van der Waals surface area contributed by atoms with Gasteiger partial charge in [0, 0.05) is 10.9 Å². The summed E-state index contributed by atoms with van der Waals surface area (Å²) in [5.74, 6) is 0.849. The zero-order valence-electron chi connectivity index (χ0n) is 12.7. The number of hydrogen-bond acceptors (Lipinski definition) is 3. The highest BCUT2D eigenvalue weighted by molar-refractivity contribution is 7.18. The normalized spacial score (nSPS) is 26.0. The lowest BCUT2D eigenvalue weighted by Crippen LogP contribution is -2.28. The largest absolute Gasteiger partial charge is 0.314 e. The second kappa shape index (κ2) is 5.24. The summed E-state index contributed by atoms with van der Waals surface area (Å²) in [6.07, 6.45) is 11.8. The van der Waals surface area contributed by atoms with Crippen LogP contribution in [0.25, 0.3) is 10.2 Å². The van der Waals surface area contributed by atoms with Crippen LogP contribution in [0.1, 0.15) is 61.9 Å². The van der Waals surface area contributed by atoms with Gasteiger partial charge in [-0.2, -0.15) is 0 Å². The van der Waals surface area contributed by atoms with Gasteiger partial charge in [0.15, 0.2) is 0 Å². The number of rotatable bonds is 1. The molecule has 0 aromatic carbocycles. The number of hydrogen-bond donors (Lipinski definition) is 1. The van der Waals surface area contributed by atoms with Gasteiger partial charge in [0.1, 0.15) is 10.3 Å². The fourth-order valence-electron chi connectivity index (χ4n) is 3.99. The third-order valence-electron chi connectivity index (χ3n) is 5.33. The maximum absolute atomic E-state index is 8.71. The summed E-state index contributed by atoms with van der Waals surface area (Å²) in [6, 6.07) is 0.491. The van der Waals surface area contributed by atoms with Crippen molar-refractivity contribution >= 4 is 21.6 Å². The van der Waals surface area contributed by atoms with Crippen LogP contribution in [0.2, 0.25) is 0 Å². The SMILES string of the molecule is CC1CCC(n2cnc3sc4c(c3c2=N)CCCC4)CC1. The molecule has 2 aliphatic rings. The molecule has 21 heavy (non-hydrogen) atoms. The van der Waals surface area contributed by atoms with E-state index in [0.29, 0.717) is 6.04 Å². The number of thiophene rings is 1. The average Bonchev–Trinajstić information content (AvgIpc) is 2.88. The van der Waals surface area contributed by atoms with Crippen LogP contribution < -0.4 is 5.49 Å². The van der Waals surface area contributed by atoms with Gasteiger partial charge in [-0.1, -0.05) is 6.92 Å². The summed E-state index contributed by atoms with van der Waals surface area (Å²) in [7, 11) is 0. The molecule has 2 aromatic rings. The van der Waals surface area contributed by atoms with Gasteiger partial charge in [-0.05, 0) is 62.8 Å². The summed E-state index contributed by atoms with van der Waals surface area (Å²) in [4.78, 5) is 7.29. The molecular weight excluding hydrogens is 278 g/mol. The number of aromatic nitrogens is 2. The first kappa shape index (κ1) is 13.5. The summed E-state index contributed by atoms with van der Waals surface area (Å²) < 4.78 is 2.16. The predicted octanol–water partition coefficient (Wildman–Crippen LogP) is 4.21. The standard InChI is InChI=1S/C17H23N3S/c1-11-6-8-12(9-7-11)20-10-19-17-15(16(20)18)13-4-2-3-5-14(13)21-17/h10-12,18H,2-9H2,1H3. The highest BCUT2D eigenvalue weighted by atomic mass is 32.1. The summed E-state index contributed by atoms with van der Waals surface area (Å²) in [5.41, 5.74) is 2.16. The molecule has 112 valence electrons. The van der Waals surface area contributed by atoms with Crippen LogP contribution in [0.15, 0.2) is 6.33 Å². The fourth-order valence-corrected chi connectivity index (χ4v) is 5.21. The number of nitrogens with one attached hydrogen (secondary N) is 1. The second-order valence-corrected chi connectivity index (χ2v) is 7.89. The van der Waals surface area contributed by atoms with E-state index in [-0.39, 0.29) is 0 Å². The Morgan fingerprint density at radius 1 is 1.19 bits per heavy atom. The Morgan fingerprint density at radius 3 is 2.76 bits per heavy atom. The van der Waals surface area contributed by atoms with Gasteiger partial charge < -0.3 is 4.57 Å². The van der Waals surface area contributed by atoms with E-state index in [0.717, 1.165) is 28.0 Å². The third-order valence-corrected chi connectivity index (χ3v) is 6.53. The van der Waals surface area contributed by atoms with E-state index in [1.165, 1.54) is 55.4 Å². The molecule has 0 saturated heterocycles. The highest BCUT2D eigenvalue weighted by Gasteiger charge is 2.23. The van der Waals surface area contributed by atoms with Crippen molar-refractivity contribution in [3.63, 3.8) is 0 Å². The molecule has 2 aliphatic carbocycles. The van der Waals surface area contributed by atoms with Crippen molar-refractivity contribution in [2.24, 2.45) is 5.92 Å². The smallest absolute Gasteiger partial charge is 0.136 e. The Hall–Kier alpha value is -1.16. The number of fused-ring (bicyclic) bond motifs is 3. The quantitative estimate of drug-likeness (QED) is 0.842. The number of aryl methyl sites for hydroxylation is 2. The Labute approximate surface area is 129 Å². The topological polar surface area (TPSA) is 41.7 Å². The predicted molar refractivity (Wildman–Crippen MR) is 86.8 cm³/mol. The fraction of sp³-hybridized carbons (Fsp3) is 0.647. The molecule has 1 N–H and O–H groups in total. The van der Waals surface area contributed by atoms with Gasteiger partial charge in [0.05, 0.1) is 11.7 Å². The molecule has 0 bridgehead atoms. The minimum atomic E-state index is 0.491. The van der Waals surface area contributed by atoms with Crippen LogP contribution in [0.5, 0.6) is 0 Å². The van der Waals surface area contributed by atoms with Crippen LogP contribution in [0, 0.1) is 11.3 Å². The maximum Gasteiger partial charge on any atom is 0.136 e.